The topological polar surface area (TPSA) is 88.9 Å². The van der Waals surface area contributed by atoms with E-state index in [4.69, 9.17) is 9.47 Å². The molecule has 0 atom stereocenters. The van der Waals surface area contributed by atoms with Crippen LogP contribution in [-0.2, 0) is 6.42 Å². The van der Waals surface area contributed by atoms with Gasteiger partial charge in [0, 0.05) is 37.8 Å². The zero-order chi connectivity index (χ0) is 23.8. The molecule has 0 saturated heterocycles. The maximum Gasteiger partial charge on any atom is 0.318 e. The van der Waals surface area contributed by atoms with Crippen molar-refractivity contribution in [3.05, 3.63) is 65.7 Å². The zero-order valence-electron chi connectivity index (χ0n) is 19.6. The predicted octanol–water partition coefficient (Wildman–Crippen LogP) is 3.94. The minimum absolute atomic E-state index is 0.248. The van der Waals surface area contributed by atoms with Crippen molar-refractivity contribution in [3.63, 3.8) is 0 Å². The molecule has 3 aromatic rings. The largest absolute Gasteiger partial charge is 0.497 e. The molecule has 8 nitrogen and oxygen atoms in total. The highest BCUT2D eigenvalue weighted by atomic mass is 16.5. The Bertz CT molecular complexity index is 1130. The lowest BCUT2D eigenvalue weighted by molar-refractivity contribution is 0.100. The molecule has 0 aliphatic heterocycles. The average Bonchev–Trinajstić information content (AvgIpc) is 2.84. The van der Waals surface area contributed by atoms with E-state index in [1.807, 2.05) is 56.6 Å². The van der Waals surface area contributed by atoms with Gasteiger partial charge in [-0.25, -0.2) is 0 Å². The molecule has 1 heterocycles. The fraction of sp³-hybridized carbons (Fsp3) is 0.280. The number of rotatable bonds is 8. The highest BCUT2D eigenvalue weighted by molar-refractivity contribution is 6.03. The van der Waals surface area contributed by atoms with Gasteiger partial charge in [-0.15, -0.1) is 0 Å². The quantitative estimate of drug-likeness (QED) is 0.413. The lowest BCUT2D eigenvalue weighted by Crippen LogP contribution is -2.19. The SMILES string of the molecule is COc1ccc(CCNc2cc(-c3cccc(C(=O)N=C(C)N(C)C)c3)nc(OC)n2)cc1. The van der Waals surface area contributed by atoms with E-state index < -0.39 is 0 Å². The van der Waals surface area contributed by atoms with Gasteiger partial charge in [0.15, 0.2) is 0 Å². The molecule has 1 N–H and O–H groups in total. The molecular weight excluding hydrogens is 418 g/mol. The Morgan fingerprint density at radius 2 is 1.79 bits per heavy atom. The van der Waals surface area contributed by atoms with E-state index >= 15 is 0 Å². The standard InChI is InChI=1S/C25H29N5O3/c1-17(30(2)3)27-24(31)20-8-6-7-19(15-20)22-16-23(29-25(28-22)33-5)26-14-13-18-9-11-21(32-4)12-10-18/h6-12,15-16H,13-14H2,1-5H3,(H,26,28,29). The third-order valence-electron chi connectivity index (χ3n) is 5.08. The molecule has 0 fully saturated rings. The van der Waals surface area contributed by atoms with Crippen LogP contribution in [0.3, 0.4) is 0 Å². The van der Waals surface area contributed by atoms with Crippen LogP contribution in [0.25, 0.3) is 11.3 Å². The van der Waals surface area contributed by atoms with E-state index in [0.29, 0.717) is 29.5 Å². The van der Waals surface area contributed by atoms with Gasteiger partial charge in [0.05, 0.1) is 19.9 Å². The van der Waals surface area contributed by atoms with Crippen LogP contribution in [0.15, 0.2) is 59.6 Å². The van der Waals surface area contributed by atoms with E-state index in [0.717, 1.165) is 17.7 Å². The van der Waals surface area contributed by atoms with Gasteiger partial charge in [-0.3, -0.25) is 4.79 Å². The molecule has 3 rings (SSSR count). The number of ether oxygens (including phenoxy) is 2. The lowest BCUT2D eigenvalue weighted by atomic mass is 10.1. The Hall–Kier alpha value is -3.94. The Morgan fingerprint density at radius 3 is 2.45 bits per heavy atom. The number of hydrogen-bond donors (Lipinski definition) is 1. The molecule has 0 spiro atoms. The van der Waals surface area contributed by atoms with Crippen molar-refractivity contribution >= 4 is 17.6 Å². The van der Waals surface area contributed by atoms with Crippen LogP contribution >= 0.6 is 0 Å². The van der Waals surface area contributed by atoms with Crippen LogP contribution in [0.4, 0.5) is 5.82 Å². The summed E-state index contributed by atoms with van der Waals surface area (Å²) in [5, 5.41) is 3.33. The molecule has 1 amide bonds. The first-order valence-electron chi connectivity index (χ1n) is 10.6. The first kappa shape index (κ1) is 23.7. The number of aliphatic imine (C=N–C) groups is 1. The van der Waals surface area contributed by atoms with Gasteiger partial charge < -0.3 is 19.7 Å². The summed E-state index contributed by atoms with van der Waals surface area (Å²) in [6.07, 6.45) is 0.818. The molecule has 33 heavy (non-hydrogen) atoms. The number of hydrogen-bond acceptors (Lipinski definition) is 6. The Balaban J connectivity index is 1.77. The molecule has 0 aliphatic rings. The first-order valence-corrected chi connectivity index (χ1v) is 10.6. The summed E-state index contributed by atoms with van der Waals surface area (Å²) in [5.74, 6) is 1.81. The number of methoxy groups -OCH3 is 2. The van der Waals surface area contributed by atoms with Crippen LogP contribution in [0.2, 0.25) is 0 Å². The number of amides is 1. The minimum Gasteiger partial charge on any atom is -0.497 e. The minimum atomic E-state index is -0.304. The number of aromatic nitrogens is 2. The fourth-order valence-corrected chi connectivity index (χ4v) is 3.01. The summed E-state index contributed by atoms with van der Waals surface area (Å²) >= 11 is 0. The fourth-order valence-electron chi connectivity index (χ4n) is 3.01. The highest BCUT2D eigenvalue weighted by Gasteiger charge is 2.11. The van der Waals surface area contributed by atoms with Crippen LogP contribution in [0, 0.1) is 0 Å². The molecule has 172 valence electrons. The van der Waals surface area contributed by atoms with Gasteiger partial charge in [0.1, 0.15) is 17.4 Å². The number of carbonyl (C=O) groups is 1. The first-order chi connectivity index (χ1) is 15.9. The van der Waals surface area contributed by atoms with E-state index in [1.54, 1.807) is 31.1 Å². The van der Waals surface area contributed by atoms with E-state index in [-0.39, 0.29) is 11.9 Å². The zero-order valence-corrected chi connectivity index (χ0v) is 19.6. The number of carbonyl (C=O) groups excluding carboxylic acids is 1. The van der Waals surface area contributed by atoms with Gasteiger partial charge in [-0.05, 0) is 43.2 Å². The molecular formula is C25H29N5O3. The number of nitrogens with one attached hydrogen (secondary N) is 1. The second kappa shape index (κ2) is 11.1. The van der Waals surface area contributed by atoms with Crippen LogP contribution in [-0.4, -0.2) is 61.5 Å². The number of amidine groups is 1. The smallest absolute Gasteiger partial charge is 0.318 e. The summed E-state index contributed by atoms with van der Waals surface area (Å²) < 4.78 is 10.5. The van der Waals surface area contributed by atoms with E-state index in [2.05, 4.69) is 20.3 Å². The maximum absolute atomic E-state index is 12.6. The molecule has 0 saturated carbocycles. The predicted molar refractivity (Wildman–Crippen MR) is 130 cm³/mol. The summed E-state index contributed by atoms with van der Waals surface area (Å²) in [5.41, 5.74) is 3.10. The van der Waals surface area contributed by atoms with E-state index in [9.17, 15) is 4.79 Å². The molecule has 2 aromatic carbocycles. The van der Waals surface area contributed by atoms with Crippen molar-refractivity contribution in [3.8, 4) is 23.0 Å². The number of nitrogens with zero attached hydrogens (tertiary/aromatic N) is 4. The third-order valence-corrected chi connectivity index (χ3v) is 5.08. The molecule has 8 heteroatoms. The molecule has 0 unspecified atom stereocenters. The maximum atomic E-state index is 12.6. The second-order valence-corrected chi connectivity index (χ2v) is 7.59. The summed E-state index contributed by atoms with van der Waals surface area (Å²) in [6.45, 7) is 2.48. The van der Waals surface area contributed by atoms with Crippen LogP contribution in [0.5, 0.6) is 11.8 Å². The van der Waals surface area contributed by atoms with Crippen molar-refractivity contribution < 1.29 is 14.3 Å². The van der Waals surface area contributed by atoms with E-state index in [1.165, 1.54) is 12.7 Å². The molecule has 0 bridgehead atoms. The normalized spacial score (nSPS) is 11.1. The van der Waals surface area contributed by atoms with Gasteiger partial charge in [0.25, 0.3) is 5.91 Å². The Morgan fingerprint density at radius 1 is 1.03 bits per heavy atom. The molecule has 0 radical (unpaired) electrons. The summed E-state index contributed by atoms with van der Waals surface area (Å²) in [4.78, 5) is 27.3. The highest BCUT2D eigenvalue weighted by Crippen LogP contribution is 2.24. The summed E-state index contributed by atoms with van der Waals surface area (Å²) in [6, 6.07) is 17.3. The number of benzene rings is 2. The molecule has 0 aliphatic carbocycles. The summed E-state index contributed by atoms with van der Waals surface area (Å²) in [7, 11) is 6.87. The van der Waals surface area contributed by atoms with Crippen molar-refractivity contribution in [1.29, 1.82) is 0 Å². The second-order valence-electron chi connectivity index (χ2n) is 7.59. The average molecular weight is 448 g/mol. The van der Waals surface area contributed by atoms with Gasteiger partial charge in [-0.2, -0.15) is 15.0 Å². The van der Waals surface area contributed by atoms with Crippen molar-refractivity contribution in [2.24, 2.45) is 4.99 Å². The van der Waals surface area contributed by atoms with Crippen molar-refractivity contribution in [1.82, 2.24) is 14.9 Å². The van der Waals surface area contributed by atoms with Gasteiger partial charge in [0.2, 0.25) is 0 Å². The van der Waals surface area contributed by atoms with Gasteiger partial charge in [-0.1, -0.05) is 24.3 Å². The third kappa shape index (κ3) is 6.52. The van der Waals surface area contributed by atoms with Crippen molar-refractivity contribution in [2.75, 3.05) is 40.2 Å². The molecule has 1 aromatic heterocycles. The van der Waals surface area contributed by atoms with Gasteiger partial charge >= 0.3 is 6.01 Å². The van der Waals surface area contributed by atoms with Crippen LogP contribution < -0.4 is 14.8 Å². The Kier molecular flexibility index (Phi) is 7.96. The lowest BCUT2D eigenvalue weighted by Gasteiger charge is -2.11. The number of anilines is 1. The van der Waals surface area contributed by atoms with Crippen LogP contribution in [0.1, 0.15) is 22.8 Å². The Labute approximate surface area is 194 Å². The van der Waals surface area contributed by atoms with Crippen molar-refractivity contribution in [2.45, 2.75) is 13.3 Å². The monoisotopic (exact) mass is 447 g/mol.